The van der Waals surface area contributed by atoms with Crippen molar-refractivity contribution >= 4 is 34.4 Å². The topological polar surface area (TPSA) is 76.1 Å². The third-order valence-electron chi connectivity index (χ3n) is 2.28. The molecule has 0 aliphatic heterocycles. The molecule has 0 atom stereocenters. The Labute approximate surface area is 108 Å². The number of thiocarbonyl (C=S) groups is 2. The number of nitrogens with two attached hydrogens (primary N) is 2. The Morgan fingerprint density at radius 3 is 2.25 bits per heavy atom. The highest BCUT2D eigenvalue weighted by Gasteiger charge is 1.95. The standard InChI is InChI=1S/C10H22N4S2/c11-8-9(15)6-4-2-1-3-5-7-13-10(16)14-12/h1-8,11-12H2,(H2,13,14,16). The zero-order valence-electron chi connectivity index (χ0n) is 9.63. The fourth-order valence-corrected chi connectivity index (χ4v) is 1.58. The zero-order chi connectivity index (χ0) is 12.2. The highest BCUT2D eigenvalue weighted by atomic mass is 32.1. The highest BCUT2D eigenvalue weighted by molar-refractivity contribution is 7.80. The van der Waals surface area contributed by atoms with Crippen LogP contribution in [-0.2, 0) is 0 Å². The molecule has 0 aromatic carbocycles. The first-order valence-electron chi connectivity index (χ1n) is 5.67. The summed E-state index contributed by atoms with van der Waals surface area (Å²) in [5.74, 6) is 5.12. The summed E-state index contributed by atoms with van der Waals surface area (Å²) >= 11 is 9.89. The molecule has 6 heteroatoms. The van der Waals surface area contributed by atoms with Crippen LogP contribution in [0.25, 0.3) is 0 Å². The first-order chi connectivity index (χ1) is 7.70. The molecule has 0 aliphatic rings. The van der Waals surface area contributed by atoms with Gasteiger partial charge in [-0.2, -0.15) is 0 Å². The molecule has 0 spiro atoms. The lowest BCUT2D eigenvalue weighted by Crippen LogP contribution is -2.39. The molecule has 94 valence electrons. The number of rotatable bonds is 9. The Hall–Kier alpha value is -0.300. The molecular formula is C10H22N4S2. The summed E-state index contributed by atoms with van der Waals surface area (Å²) in [5.41, 5.74) is 7.81. The third kappa shape index (κ3) is 10.2. The van der Waals surface area contributed by atoms with E-state index in [1.807, 2.05) is 0 Å². The van der Waals surface area contributed by atoms with Crippen LogP contribution in [0.5, 0.6) is 0 Å². The molecule has 0 aliphatic carbocycles. The van der Waals surface area contributed by atoms with Crippen LogP contribution < -0.4 is 22.3 Å². The Morgan fingerprint density at radius 2 is 1.62 bits per heavy atom. The van der Waals surface area contributed by atoms with Crippen molar-refractivity contribution in [2.24, 2.45) is 11.6 Å². The van der Waals surface area contributed by atoms with E-state index in [9.17, 15) is 0 Å². The molecule has 0 saturated heterocycles. The molecule has 0 radical (unpaired) electrons. The van der Waals surface area contributed by atoms with E-state index in [2.05, 4.69) is 10.7 Å². The predicted molar refractivity (Wildman–Crippen MR) is 77.3 cm³/mol. The van der Waals surface area contributed by atoms with Crippen LogP contribution in [0.4, 0.5) is 0 Å². The smallest absolute Gasteiger partial charge is 0.180 e. The van der Waals surface area contributed by atoms with Gasteiger partial charge < -0.3 is 16.5 Å². The minimum Gasteiger partial charge on any atom is -0.362 e. The summed E-state index contributed by atoms with van der Waals surface area (Å²) in [6.45, 7) is 1.42. The van der Waals surface area contributed by atoms with Gasteiger partial charge in [-0.15, -0.1) is 0 Å². The average Bonchev–Trinajstić information content (AvgIpc) is 2.31. The van der Waals surface area contributed by atoms with Crippen LogP contribution >= 0.6 is 24.4 Å². The molecule has 0 amide bonds. The number of unbranched alkanes of at least 4 members (excludes halogenated alkanes) is 4. The number of hydrogen-bond acceptors (Lipinski definition) is 4. The van der Waals surface area contributed by atoms with E-state index in [1.165, 1.54) is 19.3 Å². The van der Waals surface area contributed by atoms with Crippen LogP contribution in [0, 0.1) is 0 Å². The zero-order valence-corrected chi connectivity index (χ0v) is 11.3. The lowest BCUT2D eigenvalue weighted by atomic mass is 10.1. The van der Waals surface area contributed by atoms with Gasteiger partial charge in [-0.3, -0.25) is 0 Å². The third-order valence-corrected chi connectivity index (χ3v) is 2.91. The van der Waals surface area contributed by atoms with Gasteiger partial charge in [0.2, 0.25) is 0 Å². The van der Waals surface area contributed by atoms with E-state index < -0.39 is 0 Å². The van der Waals surface area contributed by atoms with Crippen LogP contribution in [0.3, 0.4) is 0 Å². The van der Waals surface area contributed by atoms with E-state index in [0.29, 0.717) is 11.7 Å². The summed E-state index contributed by atoms with van der Waals surface area (Å²) in [4.78, 5) is 0.987. The van der Waals surface area contributed by atoms with Crippen LogP contribution in [0.1, 0.15) is 38.5 Å². The second-order valence-electron chi connectivity index (χ2n) is 3.66. The van der Waals surface area contributed by atoms with Crippen molar-refractivity contribution in [2.45, 2.75) is 38.5 Å². The number of hydrazine groups is 1. The molecule has 6 N–H and O–H groups in total. The van der Waals surface area contributed by atoms with Gasteiger partial charge in [-0.25, -0.2) is 5.84 Å². The molecular weight excluding hydrogens is 240 g/mol. The Kier molecular flexibility index (Phi) is 11.0. The summed E-state index contributed by atoms with van der Waals surface area (Å²) in [6, 6.07) is 0. The maximum Gasteiger partial charge on any atom is 0.180 e. The quantitative estimate of drug-likeness (QED) is 0.215. The van der Waals surface area contributed by atoms with Crippen LogP contribution in [0.15, 0.2) is 0 Å². The van der Waals surface area contributed by atoms with Crippen molar-refractivity contribution in [3.8, 4) is 0 Å². The maximum absolute atomic E-state index is 5.42. The summed E-state index contributed by atoms with van der Waals surface area (Å²) in [7, 11) is 0. The highest BCUT2D eigenvalue weighted by Crippen LogP contribution is 2.05. The lowest BCUT2D eigenvalue weighted by molar-refractivity contribution is 0.614. The van der Waals surface area contributed by atoms with E-state index in [4.69, 9.17) is 36.0 Å². The summed E-state index contributed by atoms with van der Waals surface area (Å²) in [5, 5.41) is 3.52. The summed E-state index contributed by atoms with van der Waals surface area (Å²) in [6.07, 6.45) is 6.92. The van der Waals surface area contributed by atoms with Crippen molar-refractivity contribution < 1.29 is 0 Å². The van der Waals surface area contributed by atoms with Gasteiger partial charge in [0.1, 0.15) is 0 Å². The van der Waals surface area contributed by atoms with Crippen LogP contribution in [-0.4, -0.2) is 23.1 Å². The fraction of sp³-hybridized carbons (Fsp3) is 0.800. The molecule has 0 heterocycles. The molecule has 0 rings (SSSR count). The molecule has 0 fully saturated rings. The first kappa shape index (κ1) is 15.7. The Balaban J connectivity index is 3.10. The molecule has 0 unspecified atom stereocenters. The van der Waals surface area contributed by atoms with Crippen molar-refractivity contribution in [1.82, 2.24) is 10.7 Å². The molecule has 0 saturated carbocycles. The SMILES string of the molecule is NCC(=S)CCCCCCCNC(=S)NN. The lowest BCUT2D eigenvalue weighted by Gasteiger charge is -2.06. The Morgan fingerprint density at radius 1 is 1.00 bits per heavy atom. The number of nitrogens with one attached hydrogen (secondary N) is 2. The van der Waals surface area contributed by atoms with E-state index in [0.717, 1.165) is 30.7 Å². The second kappa shape index (κ2) is 11.2. The van der Waals surface area contributed by atoms with Crippen LogP contribution in [0.2, 0.25) is 0 Å². The molecule has 0 bridgehead atoms. The summed E-state index contributed by atoms with van der Waals surface area (Å²) < 4.78 is 0. The van der Waals surface area contributed by atoms with Crippen molar-refractivity contribution in [3.63, 3.8) is 0 Å². The van der Waals surface area contributed by atoms with E-state index in [-0.39, 0.29) is 0 Å². The molecule has 0 aromatic heterocycles. The van der Waals surface area contributed by atoms with Gasteiger partial charge in [0.15, 0.2) is 5.11 Å². The number of hydrogen-bond donors (Lipinski definition) is 4. The van der Waals surface area contributed by atoms with E-state index in [1.54, 1.807) is 0 Å². The second-order valence-corrected chi connectivity index (χ2v) is 4.65. The first-order valence-corrected chi connectivity index (χ1v) is 6.48. The van der Waals surface area contributed by atoms with E-state index >= 15 is 0 Å². The maximum atomic E-state index is 5.42. The minimum absolute atomic E-state index is 0.508. The molecule has 4 nitrogen and oxygen atoms in total. The molecule has 0 aromatic rings. The minimum atomic E-state index is 0.508. The van der Waals surface area contributed by atoms with Crippen molar-refractivity contribution in [3.05, 3.63) is 0 Å². The predicted octanol–water partition coefficient (Wildman–Crippen LogP) is 0.993. The monoisotopic (exact) mass is 262 g/mol. The average molecular weight is 262 g/mol. The van der Waals surface area contributed by atoms with Gasteiger partial charge in [0.05, 0.1) is 0 Å². The van der Waals surface area contributed by atoms with Gasteiger partial charge in [-0.05, 0) is 31.5 Å². The normalized spacial score (nSPS) is 9.88. The Bertz CT molecular complexity index is 187. The van der Waals surface area contributed by atoms with Crippen molar-refractivity contribution in [2.75, 3.05) is 13.1 Å². The van der Waals surface area contributed by atoms with Gasteiger partial charge in [0, 0.05) is 18.0 Å². The largest absolute Gasteiger partial charge is 0.362 e. The van der Waals surface area contributed by atoms with Gasteiger partial charge in [-0.1, -0.05) is 31.5 Å². The molecule has 16 heavy (non-hydrogen) atoms. The fourth-order valence-electron chi connectivity index (χ4n) is 1.33. The van der Waals surface area contributed by atoms with Gasteiger partial charge in [0.25, 0.3) is 0 Å². The van der Waals surface area contributed by atoms with Crippen molar-refractivity contribution in [1.29, 1.82) is 0 Å². The van der Waals surface area contributed by atoms with Gasteiger partial charge >= 0.3 is 0 Å².